The number of nitrogens with one attached hydrogen (secondary N) is 1. The second-order valence-electron chi connectivity index (χ2n) is 7.04. The van der Waals surface area contributed by atoms with Crippen molar-refractivity contribution in [3.63, 3.8) is 0 Å². The summed E-state index contributed by atoms with van der Waals surface area (Å²) in [6.45, 7) is 2.46. The monoisotopic (exact) mass is 330 g/mol. The van der Waals surface area contributed by atoms with Crippen molar-refractivity contribution in [3.8, 4) is 11.5 Å². The van der Waals surface area contributed by atoms with Crippen molar-refractivity contribution in [1.29, 1.82) is 0 Å². The number of hydrogen-bond donors (Lipinski definition) is 1. The van der Waals surface area contributed by atoms with Crippen molar-refractivity contribution in [2.75, 3.05) is 13.3 Å². The van der Waals surface area contributed by atoms with Gasteiger partial charge in [-0.15, -0.1) is 0 Å². The van der Waals surface area contributed by atoms with Crippen LogP contribution in [-0.4, -0.2) is 30.2 Å². The number of fused-ring (bicyclic) bond motifs is 1. The highest BCUT2D eigenvalue weighted by molar-refractivity contribution is 6.07. The number of nitrogens with zero attached hydrogens (tertiary/aromatic N) is 1. The average molecular weight is 330 g/mol. The molecule has 2 aliphatic heterocycles. The lowest BCUT2D eigenvalue weighted by Gasteiger charge is -2.26. The fourth-order valence-electron chi connectivity index (χ4n) is 3.89. The molecule has 4 rings (SSSR count). The number of amides is 3. The molecule has 0 unspecified atom stereocenters. The second-order valence-corrected chi connectivity index (χ2v) is 7.04. The molecule has 1 aromatic carbocycles. The van der Waals surface area contributed by atoms with E-state index < -0.39 is 5.54 Å². The lowest BCUT2D eigenvalue weighted by Crippen LogP contribution is -2.41. The van der Waals surface area contributed by atoms with Crippen LogP contribution in [0.3, 0.4) is 0 Å². The van der Waals surface area contributed by atoms with Crippen molar-refractivity contribution in [1.82, 2.24) is 10.2 Å². The van der Waals surface area contributed by atoms with E-state index in [1.807, 2.05) is 6.07 Å². The summed E-state index contributed by atoms with van der Waals surface area (Å²) < 4.78 is 10.7. The smallest absolute Gasteiger partial charge is 0.325 e. The van der Waals surface area contributed by atoms with E-state index in [9.17, 15) is 9.59 Å². The molecule has 0 aromatic heterocycles. The standard InChI is InChI=1S/C18H22N2O4/c1-18(13-7-8-14-15(9-13)24-11-23-14)16(21)20(17(22)19-18)10-12-5-3-2-4-6-12/h7-9,12H,2-6,10-11H2,1H3,(H,19,22)/t18-/m1/s1. The molecule has 6 nitrogen and oxygen atoms in total. The van der Waals surface area contributed by atoms with E-state index in [1.165, 1.54) is 24.2 Å². The SMILES string of the molecule is C[C@]1(c2ccc3c(c2)OCO3)NC(=O)N(CC2CCCCC2)C1=O. The molecule has 3 amide bonds. The molecule has 1 atom stereocenters. The van der Waals surface area contributed by atoms with E-state index in [1.54, 1.807) is 19.1 Å². The predicted molar refractivity (Wildman–Crippen MR) is 86.7 cm³/mol. The lowest BCUT2D eigenvalue weighted by molar-refractivity contribution is -0.131. The van der Waals surface area contributed by atoms with E-state index >= 15 is 0 Å². The maximum absolute atomic E-state index is 13.0. The van der Waals surface area contributed by atoms with Gasteiger partial charge in [0.1, 0.15) is 5.54 Å². The zero-order chi connectivity index (χ0) is 16.7. The van der Waals surface area contributed by atoms with Gasteiger partial charge < -0.3 is 14.8 Å². The summed E-state index contributed by atoms with van der Waals surface area (Å²) in [7, 11) is 0. The van der Waals surface area contributed by atoms with Crippen LogP contribution >= 0.6 is 0 Å². The Morgan fingerprint density at radius 3 is 2.71 bits per heavy atom. The van der Waals surface area contributed by atoms with Gasteiger partial charge in [0, 0.05) is 6.54 Å². The average Bonchev–Trinajstić information content (AvgIpc) is 3.14. The van der Waals surface area contributed by atoms with Gasteiger partial charge in [0.05, 0.1) is 0 Å². The molecule has 0 spiro atoms. The molecule has 128 valence electrons. The van der Waals surface area contributed by atoms with Crippen LogP contribution in [-0.2, 0) is 10.3 Å². The minimum atomic E-state index is -1.05. The van der Waals surface area contributed by atoms with Crippen LogP contribution in [0.1, 0.15) is 44.6 Å². The molecular weight excluding hydrogens is 308 g/mol. The zero-order valence-electron chi connectivity index (χ0n) is 13.8. The first-order chi connectivity index (χ1) is 11.6. The number of carbonyl (C=O) groups is 2. The maximum atomic E-state index is 13.0. The Morgan fingerprint density at radius 1 is 1.17 bits per heavy atom. The second kappa shape index (κ2) is 5.69. The summed E-state index contributed by atoms with van der Waals surface area (Å²) >= 11 is 0. The van der Waals surface area contributed by atoms with Gasteiger partial charge in [0.2, 0.25) is 6.79 Å². The van der Waals surface area contributed by atoms with E-state index in [4.69, 9.17) is 9.47 Å². The van der Waals surface area contributed by atoms with Crippen molar-refractivity contribution < 1.29 is 19.1 Å². The van der Waals surface area contributed by atoms with Gasteiger partial charge >= 0.3 is 6.03 Å². The number of benzene rings is 1. The van der Waals surface area contributed by atoms with Crippen LogP contribution in [0.5, 0.6) is 11.5 Å². The predicted octanol–water partition coefficient (Wildman–Crippen LogP) is 2.76. The van der Waals surface area contributed by atoms with Crippen LogP contribution < -0.4 is 14.8 Å². The van der Waals surface area contributed by atoms with Crippen LogP contribution in [0, 0.1) is 5.92 Å². The lowest BCUT2D eigenvalue weighted by atomic mass is 9.88. The first-order valence-corrected chi connectivity index (χ1v) is 8.62. The molecule has 3 aliphatic rings. The van der Waals surface area contributed by atoms with Crippen LogP contribution in [0.15, 0.2) is 18.2 Å². The molecule has 0 bridgehead atoms. The fraction of sp³-hybridized carbons (Fsp3) is 0.556. The number of hydrogen-bond acceptors (Lipinski definition) is 4. The Morgan fingerprint density at radius 2 is 1.92 bits per heavy atom. The molecule has 24 heavy (non-hydrogen) atoms. The van der Waals surface area contributed by atoms with E-state index in [-0.39, 0.29) is 18.7 Å². The quantitative estimate of drug-likeness (QED) is 0.865. The largest absolute Gasteiger partial charge is 0.454 e. The molecule has 1 saturated heterocycles. The van der Waals surface area contributed by atoms with Gasteiger partial charge in [0.15, 0.2) is 11.5 Å². The van der Waals surface area contributed by atoms with E-state index in [0.717, 1.165) is 18.4 Å². The molecule has 1 saturated carbocycles. The van der Waals surface area contributed by atoms with Crippen molar-refractivity contribution >= 4 is 11.9 Å². The molecule has 2 fully saturated rings. The zero-order valence-corrected chi connectivity index (χ0v) is 13.8. The minimum absolute atomic E-state index is 0.183. The van der Waals surface area contributed by atoms with Crippen LogP contribution in [0.4, 0.5) is 4.79 Å². The Balaban J connectivity index is 1.57. The summed E-state index contributed by atoms with van der Waals surface area (Å²) in [5.41, 5.74) is -0.330. The Hall–Kier alpha value is -2.24. The first-order valence-electron chi connectivity index (χ1n) is 8.62. The third kappa shape index (κ3) is 2.41. The number of rotatable bonds is 3. The third-order valence-electron chi connectivity index (χ3n) is 5.39. The molecule has 2 heterocycles. The van der Waals surface area contributed by atoms with Crippen molar-refractivity contribution in [3.05, 3.63) is 23.8 Å². The van der Waals surface area contributed by atoms with E-state index in [0.29, 0.717) is 24.0 Å². The molecule has 6 heteroatoms. The number of ether oxygens (including phenoxy) is 2. The Bertz CT molecular complexity index is 684. The summed E-state index contributed by atoms with van der Waals surface area (Å²) in [6.07, 6.45) is 5.82. The maximum Gasteiger partial charge on any atom is 0.325 e. The number of imide groups is 1. The van der Waals surface area contributed by atoms with Crippen LogP contribution in [0.2, 0.25) is 0 Å². The summed E-state index contributed by atoms with van der Waals surface area (Å²) in [4.78, 5) is 26.8. The van der Waals surface area contributed by atoms with Gasteiger partial charge in [-0.25, -0.2) is 4.79 Å². The van der Waals surface area contributed by atoms with Gasteiger partial charge in [-0.1, -0.05) is 25.3 Å². The molecule has 1 N–H and O–H groups in total. The van der Waals surface area contributed by atoms with Crippen molar-refractivity contribution in [2.24, 2.45) is 5.92 Å². The minimum Gasteiger partial charge on any atom is -0.454 e. The van der Waals surface area contributed by atoms with E-state index in [2.05, 4.69) is 5.32 Å². The van der Waals surface area contributed by atoms with Gasteiger partial charge in [0.25, 0.3) is 5.91 Å². The summed E-state index contributed by atoms with van der Waals surface area (Å²) in [5.74, 6) is 1.52. The molecular formula is C18H22N2O4. The summed E-state index contributed by atoms with van der Waals surface area (Å²) in [5, 5.41) is 2.87. The highest BCUT2D eigenvalue weighted by Crippen LogP contribution is 2.38. The Labute approximate surface area is 141 Å². The molecule has 1 aromatic rings. The van der Waals surface area contributed by atoms with Gasteiger partial charge in [-0.05, 0) is 43.4 Å². The third-order valence-corrected chi connectivity index (χ3v) is 5.39. The highest BCUT2D eigenvalue weighted by Gasteiger charge is 2.49. The first kappa shape index (κ1) is 15.3. The number of urea groups is 1. The molecule has 0 radical (unpaired) electrons. The van der Waals surface area contributed by atoms with Crippen molar-refractivity contribution in [2.45, 2.75) is 44.6 Å². The number of carbonyl (C=O) groups excluding carboxylic acids is 2. The normalized spacial score (nSPS) is 26.8. The highest BCUT2D eigenvalue weighted by atomic mass is 16.7. The fourth-order valence-corrected chi connectivity index (χ4v) is 3.89. The van der Waals surface area contributed by atoms with Gasteiger partial charge in [-0.3, -0.25) is 9.69 Å². The van der Waals surface area contributed by atoms with Gasteiger partial charge in [-0.2, -0.15) is 0 Å². The summed E-state index contributed by atoms with van der Waals surface area (Å²) in [6, 6.07) is 5.08. The topological polar surface area (TPSA) is 67.9 Å². The Kier molecular flexibility index (Phi) is 3.62. The van der Waals surface area contributed by atoms with Crippen LogP contribution in [0.25, 0.3) is 0 Å². The molecule has 1 aliphatic carbocycles.